The topological polar surface area (TPSA) is 110 Å². The summed E-state index contributed by atoms with van der Waals surface area (Å²) in [6.45, 7) is 2.84. The zero-order valence-corrected chi connectivity index (χ0v) is 12.6. The van der Waals surface area contributed by atoms with E-state index in [4.69, 9.17) is 15.2 Å². The second-order valence-electron chi connectivity index (χ2n) is 4.63. The van der Waals surface area contributed by atoms with E-state index < -0.39 is 16.2 Å². The quantitative estimate of drug-likeness (QED) is 0.615. The Morgan fingerprint density at radius 1 is 1.17 bits per heavy atom. The van der Waals surface area contributed by atoms with E-state index in [0.717, 1.165) is 5.75 Å². The highest BCUT2D eigenvalue weighted by molar-refractivity contribution is 5.55. The van der Waals surface area contributed by atoms with Crippen molar-refractivity contribution in [2.45, 2.75) is 13.5 Å². The van der Waals surface area contributed by atoms with Crippen LogP contribution in [0.1, 0.15) is 6.92 Å². The number of hydrogen-bond acceptors (Lipinski definition) is 6. The van der Waals surface area contributed by atoms with E-state index >= 15 is 0 Å². The van der Waals surface area contributed by atoms with Crippen LogP contribution in [0.5, 0.6) is 11.5 Å². The number of rotatable bonds is 7. The minimum Gasteiger partial charge on any atom is -0.494 e. The van der Waals surface area contributed by atoms with Crippen molar-refractivity contribution >= 4 is 11.4 Å². The molecule has 0 amide bonds. The van der Waals surface area contributed by atoms with Crippen LogP contribution in [0.25, 0.3) is 0 Å². The summed E-state index contributed by atoms with van der Waals surface area (Å²) in [4.78, 5) is 22.0. The lowest BCUT2D eigenvalue weighted by molar-refractivity contribution is -0.385. The van der Waals surface area contributed by atoms with Crippen LogP contribution in [-0.2, 0) is 6.54 Å². The number of ether oxygens (including phenoxy) is 2. The van der Waals surface area contributed by atoms with Crippen LogP contribution < -0.4 is 20.8 Å². The summed E-state index contributed by atoms with van der Waals surface area (Å²) < 4.78 is 12.0. The number of nitrogen functional groups attached to an aromatic ring is 1. The van der Waals surface area contributed by atoms with E-state index in [1.54, 1.807) is 24.3 Å². The predicted octanol–water partition coefficient (Wildman–Crippen LogP) is 1.82. The van der Waals surface area contributed by atoms with Gasteiger partial charge in [0.2, 0.25) is 0 Å². The maximum Gasteiger partial charge on any atom is 0.356 e. The lowest BCUT2D eigenvalue weighted by Crippen LogP contribution is -2.25. The molecule has 0 spiro atoms. The Bertz CT molecular complexity index is 740. The first-order valence-corrected chi connectivity index (χ1v) is 7.02. The van der Waals surface area contributed by atoms with Gasteiger partial charge < -0.3 is 19.8 Å². The second kappa shape index (κ2) is 7.30. The molecule has 0 bridgehead atoms. The van der Waals surface area contributed by atoms with Crippen molar-refractivity contribution in [3.05, 3.63) is 57.0 Å². The molecule has 0 saturated heterocycles. The molecule has 0 unspecified atom stereocenters. The smallest absolute Gasteiger partial charge is 0.356 e. The molecular weight excluding hydrogens is 302 g/mol. The third-order valence-electron chi connectivity index (χ3n) is 3.09. The first kappa shape index (κ1) is 16.3. The molecule has 0 aliphatic carbocycles. The number of benzene rings is 1. The van der Waals surface area contributed by atoms with Crippen LogP contribution >= 0.6 is 0 Å². The molecule has 2 N–H and O–H groups in total. The first-order chi connectivity index (χ1) is 11.0. The molecule has 0 atom stereocenters. The van der Waals surface area contributed by atoms with Gasteiger partial charge in [-0.25, -0.2) is 0 Å². The summed E-state index contributed by atoms with van der Waals surface area (Å²) >= 11 is 0. The van der Waals surface area contributed by atoms with Gasteiger partial charge in [0, 0.05) is 6.20 Å². The predicted molar refractivity (Wildman–Crippen MR) is 84.9 cm³/mol. The number of hydrogen-bond donors (Lipinski definition) is 1. The fourth-order valence-electron chi connectivity index (χ4n) is 2.00. The molecule has 0 fully saturated rings. The largest absolute Gasteiger partial charge is 0.494 e. The third kappa shape index (κ3) is 4.00. The van der Waals surface area contributed by atoms with E-state index in [0.29, 0.717) is 12.4 Å². The van der Waals surface area contributed by atoms with Crippen molar-refractivity contribution < 1.29 is 14.4 Å². The number of nitro groups is 1. The van der Waals surface area contributed by atoms with E-state index in [1.165, 1.54) is 16.8 Å². The summed E-state index contributed by atoms with van der Waals surface area (Å²) in [5.41, 5.74) is 3.94. The molecule has 23 heavy (non-hydrogen) atoms. The Balaban J connectivity index is 2.00. The van der Waals surface area contributed by atoms with Crippen molar-refractivity contribution in [2.75, 3.05) is 18.9 Å². The molecule has 1 aromatic heterocycles. The van der Waals surface area contributed by atoms with Crippen molar-refractivity contribution in [1.29, 1.82) is 0 Å². The number of pyridine rings is 1. The number of nitrogens with zero attached hydrogens (tertiary/aromatic N) is 2. The van der Waals surface area contributed by atoms with Crippen molar-refractivity contribution in [3.8, 4) is 11.5 Å². The van der Waals surface area contributed by atoms with Gasteiger partial charge >= 0.3 is 11.2 Å². The fourth-order valence-corrected chi connectivity index (χ4v) is 2.00. The molecule has 2 rings (SSSR count). The molecule has 122 valence electrons. The standard InChI is InChI=1S/C15H17N3O5/c1-2-22-11-3-5-12(6-4-11)23-10-9-17-8-7-13(16)14(15(17)19)18(20)21/h3-8H,2,9-10,16H2,1H3. The molecule has 1 heterocycles. The van der Waals surface area contributed by atoms with E-state index in [9.17, 15) is 14.9 Å². The first-order valence-electron chi connectivity index (χ1n) is 7.02. The van der Waals surface area contributed by atoms with Crippen molar-refractivity contribution in [3.63, 3.8) is 0 Å². The molecule has 0 radical (unpaired) electrons. The summed E-state index contributed by atoms with van der Waals surface area (Å²) in [7, 11) is 0. The number of aromatic nitrogens is 1. The molecular formula is C15H17N3O5. The van der Waals surface area contributed by atoms with Crippen molar-refractivity contribution in [2.24, 2.45) is 0 Å². The maximum atomic E-state index is 12.0. The van der Waals surface area contributed by atoms with Crippen LogP contribution in [0.3, 0.4) is 0 Å². The van der Waals surface area contributed by atoms with Gasteiger partial charge in [-0.1, -0.05) is 0 Å². The number of anilines is 1. The van der Waals surface area contributed by atoms with E-state index in [-0.39, 0.29) is 18.8 Å². The normalized spacial score (nSPS) is 10.3. The summed E-state index contributed by atoms with van der Waals surface area (Å²) in [6, 6.07) is 8.38. The zero-order chi connectivity index (χ0) is 16.8. The Labute approximate surface area is 132 Å². The lowest BCUT2D eigenvalue weighted by atomic mass is 10.3. The minimum atomic E-state index is -0.776. The Hall–Kier alpha value is -3.03. The van der Waals surface area contributed by atoms with E-state index in [1.807, 2.05) is 6.92 Å². The van der Waals surface area contributed by atoms with Gasteiger partial charge in [0.05, 0.1) is 18.1 Å². The Kier molecular flexibility index (Phi) is 5.19. The SMILES string of the molecule is CCOc1ccc(OCCn2ccc(N)c([N+](=O)[O-])c2=O)cc1. The molecule has 0 aliphatic heterocycles. The zero-order valence-electron chi connectivity index (χ0n) is 12.6. The maximum absolute atomic E-state index is 12.0. The third-order valence-corrected chi connectivity index (χ3v) is 3.09. The molecule has 8 heteroatoms. The van der Waals surface area contributed by atoms with Gasteiger partial charge in [-0.15, -0.1) is 0 Å². The highest BCUT2D eigenvalue weighted by Gasteiger charge is 2.18. The Morgan fingerprint density at radius 2 is 1.78 bits per heavy atom. The van der Waals surface area contributed by atoms with Gasteiger partial charge in [-0.3, -0.25) is 14.9 Å². The molecule has 2 aromatic rings. The van der Waals surface area contributed by atoms with Crippen LogP contribution in [0.4, 0.5) is 11.4 Å². The highest BCUT2D eigenvalue weighted by atomic mass is 16.6. The van der Waals surface area contributed by atoms with Crippen molar-refractivity contribution in [1.82, 2.24) is 4.57 Å². The molecule has 8 nitrogen and oxygen atoms in total. The van der Waals surface area contributed by atoms with Gasteiger partial charge in [0.15, 0.2) is 0 Å². The van der Waals surface area contributed by atoms with Gasteiger partial charge in [-0.2, -0.15) is 0 Å². The van der Waals surface area contributed by atoms with Crippen LogP contribution in [-0.4, -0.2) is 22.7 Å². The Morgan fingerprint density at radius 3 is 2.35 bits per heavy atom. The highest BCUT2D eigenvalue weighted by Crippen LogP contribution is 2.18. The van der Waals surface area contributed by atoms with Crippen LogP contribution in [0, 0.1) is 10.1 Å². The number of nitrogens with two attached hydrogens (primary N) is 1. The van der Waals surface area contributed by atoms with Gasteiger partial charge in [0.1, 0.15) is 23.8 Å². The lowest BCUT2D eigenvalue weighted by Gasteiger charge is -2.09. The average molecular weight is 319 g/mol. The molecule has 1 aromatic carbocycles. The van der Waals surface area contributed by atoms with Gasteiger partial charge in [0.25, 0.3) is 0 Å². The van der Waals surface area contributed by atoms with E-state index in [2.05, 4.69) is 0 Å². The van der Waals surface area contributed by atoms with Crippen LogP contribution in [0.2, 0.25) is 0 Å². The average Bonchev–Trinajstić information content (AvgIpc) is 2.51. The fraction of sp³-hybridized carbons (Fsp3) is 0.267. The van der Waals surface area contributed by atoms with Crippen LogP contribution in [0.15, 0.2) is 41.3 Å². The molecule has 0 aliphatic rings. The second-order valence-corrected chi connectivity index (χ2v) is 4.63. The summed E-state index contributed by atoms with van der Waals surface area (Å²) in [5, 5.41) is 10.8. The minimum absolute atomic E-state index is 0.149. The molecule has 0 saturated carbocycles. The monoisotopic (exact) mass is 319 g/mol. The van der Waals surface area contributed by atoms with Gasteiger partial charge in [-0.05, 0) is 37.3 Å². The summed E-state index contributed by atoms with van der Waals surface area (Å²) in [6.07, 6.45) is 1.41. The summed E-state index contributed by atoms with van der Waals surface area (Å²) in [5.74, 6) is 1.36.